The number of aliphatic hydroxyl groups is 6. The van der Waals surface area contributed by atoms with Gasteiger partial charge in [0.05, 0.1) is 27.8 Å². The Morgan fingerprint density at radius 1 is 0.583 bits per heavy atom. The summed E-state index contributed by atoms with van der Waals surface area (Å²) in [5.41, 5.74) is 0.250. The van der Waals surface area contributed by atoms with Gasteiger partial charge in [-0.15, -0.1) is 0 Å². The van der Waals surface area contributed by atoms with E-state index in [9.17, 15) is 45.0 Å². The van der Waals surface area contributed by atoms with Gasteiger partial charge in [-0.2, -0.15) is 0 Å². The van der Waals surface area contributed by atoms with Crippen LogP contribution in [0.1, 0.15) is 40.0 Å². The van der Waals surface area contributed by atoms with E-state index in [1.165, 1.54) is 20.8 Å². The maximum atomic E-state index is 12.7. The maximum Gasteiger partial charge on any atom is 0.226 e. The van der Waals surface area contributed by atoms with Crippen LogP contribution in [-0.4, -0.2) is 86.9 Å². The number of amides is 3. The molecule has 0 saturated heterocycles. The lowest BCUT2D eigenvalue weighted by Gasteiger charge is -2.37. The summed E-state index contributed by atoms with van der Waals surface area (Å²) in [5, 5.41) is 60.3. The van der Waals surface area contributed by atoms with E-state index in [2.05, 4.69) is 0 Å². The van der Waals surface area contributed by atoms with E-state index in [1.807, 2.05) is 67.8 Å². The number of nitrogens with zero attached hydrogens (tertiary/aromatic N) is 3. The number of hydrogen-bond donors (Lipinski definition) is 6. The van der Waals surface area contributed by atoms with E-state index < -0.39 is 56.2 Å². The fourth-order valence-electron chi connectivity index (χ4n) is 3.54. The Bertz CT molecular complexity index is 826. The van der Waals surface area contributed by atoms with Crippen LogP contribution in [0.2, 0.25) is 0 Å². The predicted octanol–water partition coefficient (Wildman–Crippen LogP) is 0.662. The zero-order valence-corrected chi connectivity index (χ0v) is 26.3. The Morgan fingerprint density at radius 2 is 0.778 bits per heavy atom. The van der Waals surface area contributed by atoms with Crippen molar-refractivity contribution in [1.82, 2.24) is 0 Å². The van der Waals surface area contributed by atoms with Crippen molar-refractivity contribution < 1.29 is 45.0 Å². The number of anilines is 3. The molecule has 0 aromatic heterocycles. The van der Waals surface area contributed by atoms with Gasteiger partial charge in [0.25, 0.3) is 0 Å². The molecule has 3 unspecified atom stereocenters. The zero-order valence-electron chi connectivity index (χ0n) is 19.9. The van der Waals surface area contributed by atoms with E-state index in [1.54, 1.807) is 0 Å². The molecule has 36 heavy (non-hydrogen) atoms. The summed E-state index contributed by atoms with van der Waals surface area (Å²) in [6.45, 7) is 2.26. The smallest absolute Gasteiger partial charge is 0.226 e. The van der Waals surface area contributed by atoms with Crippen LogP contribution in [0.15, 0.2) is 0 Å². The molecule has 15 heteroatoms. The van der Waals surface area contributed by atoms with Crippen LogP contribution in [0.5, 0.6) is 0 Å². The van der Waals surface area contributed by atoms with Crippen molar-refractivity contribution >= 4 is 103 Å². The van der Waals surface area contributed by atoms with Crippen molar-refractivity contribution in [3.05, 3.63) is 10.7 Å². The molecule has 1 rings (SSSR count). The second-order valence-electron chi connectivity index (χ2n) is 7.63. The molecule has 0 saturated carbocycles. The Hall–Kier alpha value is -0.420. The van der Waals surface area contributed by atoms with Crippen LogP contribution in [-0.2, 0) is 14.4 Å². The van der Waals surface area contributed by atoms with Gasteiger partial charge < -0.3 is 30.6 Å². The number of hydrogen-bond acceptors (Lipinski definition) is 9. The summed E-state index contributed by atoms with van der Waals surface area (Å²) >= 11 is 5.56. The Balaban J connectivity index is 4.28. The summed E-state index contributed by atoms with van der Waals surface area (Å²) in [5.74, 6) is -1.83. The Kier molecular flexibility index (Phi) is 14.2. The Labute approximate surface area is 249 Å². The number of carbonyl (C=O) groups is 3. The molecule has 0 aliphatic carbocycles. The zero-order chi connectivity index (χ0) is 27.9. The van der Waals surface area contributed by atoms with Gasteiger partial charge in [0.1, 0.15) is 18.7 Å². The standard InChI is InChI=1S/C21H30I3N3O9/c1-10(31)25(13(34)4-7-28)19-16(22)20(26(11(2)32)14(35)5-8-29)18(24)21(17(19)23)27(12(3)33)15(36)6-9-30/h13-15,28-30,34-36H,4-9H2,1-3H3. The summed E-state index contributed by atoms with van der Waals surface area (Å²) in [4.78, 5) is 41.1. The van der Waals surface area contributed by atoms with Crippen molar-refractivity contribution in [3.8, 4) is 0 Å². The minimum Gasteiger partial charge on any atom is -0.396 e. The third kappa shape index (κ3) is 7.58. The summed E-state index contributed by atoms with van der Waals surface area (Å²) < 4.78 is 0.763. The molecule has 0 fully saturated rings. The second kappa shape index (κ2) is 15.2. The fraction of sp³-hybridized carbons (Fsp3) is 0.571. The predicted molar refractivity (Wildman–Crippen MR) is 157 cm³/mol. The average Bonchev–Trinajstić information content (AvgIpc) is 2.76. The minimum absolute atomic E-state index is 0.0833. The van der Waals surface area contributed by atoms with Crippen LogP contribution >= 0.6 is 67.8 Å². The van der Waals surface area contributed by atoms with Crippen molar-refractivity contribution in [2.24, 2.45) is 0 Å². The molecule has 0 radical (unpaired) electrons. The maximum absolute atomic E-state index is 12.7. The van der Waals surface area contributed by atoms with Crippen LogP contribution in [0.3, 0.4) is 0 Å². The molecule has 0 spiro atoms. The molecule has 1 aromatic rings. The van der Waals surface area contributed by atoms with E-state index in [0.717, 1.165) is 14.7 Å². The van der Waals surface area contributed by atoms with Crippen LogP contribution in [0, 0.1) is 10.7 Å². The van der Waals surface area contributed by atoms with Gasteiger partial charge in [0, 0.05) is 59.9 Å². The quantitative estimate of drug-likeness (QED) is 0.130. The van der Waals surface area contributed by atoms with Crippen LogP contribution < -0.4 is 14.7 Å². The lowest BCUT2D eigenvalue weighted by Crippen LogP contribution is -2.45. The topological polar surface area (TPSA) is 182 Å². The molecular weight excluding hydrogens is 819 g/mol. The van der Waals surface area contributed by atoms with Crippen molar-refractivity contribution in [3.63, 3.8) is 0 Å². The largest absolute Gasteiger partial charge is 0.396 e. The van der Waals surface area contributed by atoms with Gasteiger partial charge >= 0.3 is 0 Å². The van der Waals surface area contributed by atoms with Crippen LogP contribution in [0.4, 0.5) is 17.1 Å². The Morgan fingerprint density at radius 3 is 0.917 bits per heavy atom. The molecule has 1 aromatic carbocycles. The SMILES string of the molecule is CC(=O)N(c1c(I)c(N(C(C)=O)C(O)CCO)c(I)c(N(C(C)=O)C(O)CCO)c1I)C(O)CCO. The van der Waals surface area contributed by atoms with Crippen molar-refractivity contribution in [2.75, 3.05) is 34.5 Å². The number of benzene rings is 1. The first-order chi connectivity index (χ1) is 16.8. The third-order valence-electron chi connectivity index (χ3n) is 5.04. The minimum atomic E-state index is -1.48. The summed E-state index contributed by atoms with van der Waals surface area (Å²) in [6, 6.07) is 0. The molecule has 0 aliphatic rings. The van der Waals surface area contributed by atoms with Gasteiger partial charge in [-0.05, 0) is 67.8 Å². The molecule has 3 amide bonds. The molecule has 204 valence electrons. The fourth-order valence-corrected chi connectivity index (χ4v) is 8.27. The second-order valence-corrected chi connectivity index (χ2v) is 10.9. The highest BCUT2D eigenvalue weighted by Gasteiger charge is 2.37. The lowest BCUT2D eigenvalue weighted by atomic mass is 10.1. The molecule has 6 N–H and O–H groups in total. The first-order valence-corrected chi connectivity index (χ1v) is 14.0. The van der Waals surface area contributed by atoms with Crippen LogP contribution in [0.25, 0.3) is 0 Å². The van der Waals surface area contributed by atoms with E-state index in [-0.39, 0.29) is 47.0 Å². The monoisotopic (exact) mass is 849 g/mol. The molecule has 0 aliphatic heterocycles. The average molecular weight is 849 g/mol. The molecule has 0 bridgehead atoms. The summed E-state index contributed by atoms with van der Waals surface area (Å²) in [6.07, 6.45) is -5.02. The lowest BCUT2D eigenvalue weighted by molar-refractivity contribution is -0.119. The number of carbonyl (C=O) groups excluding carboxylic acids is 3. The molecule has 0 heterocycles. The number of halogens is 3. The summed E-state index contributed by atoms with van der Waals surface area (Å²) in [7, 11) is 0. The van der Waals surface area contributed by atoms with E-state index >= 15 is 0 Å². The third-order valence-corrected chi connectivity index (χ3v) is 8.11. The first kappa shape index (κ1) is 33.6. The number of aliphatic hydroxyl groups excluding tert-OH is 6. The van der Waals surface area contributed by atoms with Gasteiger partial charge in [-0.3, -0.25) is 29.1 Å². The van der Waals surface area contributed by atoms with Gasteiger partial charge in [-0.25, -0.2) is 0 Å². The van der Waals surface area contributed by atoms with E-state index in [0.29, 0.717) is 0 Å². The van der Waals surface area contributed by atoms with Gasteiger partial charge in [-0.1, -0.05) is 0 Å². The normalized spacial score (nSPS) is 13.7. The molecule has 12 nitrogen and oxygen atoms in total. The van der Waals surface area contributed by atoms with Gasteiger partial charge in [0.15, 0.2) is 0 Å². The molecular formula is C21H30I3N3O9. The highest BCUT2D eigenvalue weighted by molar-refractivity contribution is 14.1. The highest BCUT2D eigenvalue weighted by atomic mass is 127. The first-order valence-electron chi connectivity index (χ1n) is 10.7. The van der Waals surface area contributed by atoms with Crippen molar-refractivity contribution in [1.29, 1.82) is 0 Å². The highest BCUT2D eigenvalue weighted by Crippen LogP contribution is 2.48. The van der Waals surface area contributed by atoms with Crippen molar-refractivity contribution in [2.45, 2.75) is 58.7 Å². The van der Waals surface area contributed by atoms with E-state index in [4.69, 9.17) is 0 Å². The van der Waals surface area contributed by atoms with Gasteiger partial charge in [0.2, 0.25) is 17.7 Å². The molecule has 3 atom stereocenters. The number of rotatable bonds is 12.